The van der Waals surface area contributed by atoms with Gasteiger partial charge in [-0.2, -0.15) is 0 Å². The number of aryl methyl sites for hydroxylation is 1. The third-order valence-corrected chi connectivity index (χ3v) is 2.29. The molecule has 0 spiro atoms. The van der Waals surface area contributed by atoms with Crippen molar-refractivity contribution in [2.75, 3.05) is 11.1 Å². The van der Waals surface area contributed by atoms with Crippen LogP contribution in [0.2, 0.25) is 0 Å². The van der Waals surface area contributed by atoms with Crippen molar-refractivity contribution in [2.24, 2.45) is 0 Å². The molecule has 2 rings (SSSR count). The van der Waals surface area contributed by atoms with Crippen LogP contribution in [0.4, 0.5) is 15.9 Å². The van der Waals surface area contributed by atoms with Crippen molar-refractivity contribution in [2.45, 2.75) is 6.92 Å². The monoisotopic (exact) mass is 246 g/mol. The molecule has 1 heterocycles. The minimum absolute atomic E-state index is 0.0733. The molecule has 6 heteroatoms. The lowest BCUT2D eigenvalue weighted by atomic mass is 10.2. The zero-order valence-corrected chi connectivity index (χ0v) is 9.64. The molecular weight excluding hydrogens is 235 g/mol. The highest BCUT2D eigenvalue weighted by atomic mass is 19.1. The van der Waals surface area contributed by atoms with Gasteiger partial charge in [-0.1, -0.05) is 6.07 Å². The van der Waals surface area contributed by atoms with Gasteiger partial charge in [0.15, 0.2) is 5.69 Å². The number of rotatable bonds is 2. The molecule has 0 saturated carbocycles. The van der Waals surface area contributed by atoms with Crippen LogP contribution in [0.15, 0.2) is 30.3 Å². The Labute approximate surface area is 103 Å². The highest BCUT2D eigenvalue weighted by molar-refractivity contribution is 6.02. The van der Waals surface area contributed by atoms with Crippen molar-refractivity contribution < 1.29 is 9.18 Å². The van der Waals surface area contributed by atoms with Crippen LogP contribution >= 0.6 is 0 Å². The fraction of sp³-hybridized carbons (Fsp3) is 0.0833. The quantitative estimate of drug-likeness (QED) is 0.846. The lowest BCUT2D eigenvalue weighted by molar-refractivity contribution is 0.102. The predicted octanol–water partition coefficient (Wildman–Crippen LogP) is 1.76. The van der Waals surface area contributed by atoms with Gasteiger partial charge in [0.1, 0.15) is 11.6 Å². The minimum atomic E-state index is -0.537. The Morgan fingerprint density at radius 2 is 2.06 bits per heavy atom. The molecule has 0 aliphatic carbocycles. The summed E-state index contributed by atoms with van der Waals surface area (Å²) in [7, 11) is 0. The first-order valence-electron chi connectivity index (χ1n) is 5.23. The Kier molecular flexibility index (Phi) is 3.18. The van der Waals surface area contributed by atoms with Crippen LogP contribution in [0.5, 0.6) is 0 Å². The molecule has 18 heavy (non-hydrogen) atoms. The number of nitrogen functional groups attached to an aromatic ring is 1. The van der Waals surface area contributed by atoms with Gasteiger partial charge in [0, 0.05) is 0 Å². The lowest BCUT2D eigenvalue weighted by Crippen LogP contribution is -2.15. The van der Waals surface area contributed by atoms with Crippen LogP contribution in [0.25, 0.3) is 0 Å². The number of amides is 1. The second kappa shape index (κ2) is 4.79. The van der Waals surface area contributed by atoms with Crippen LogP contribution < -0.4 is 11.1 Å². The molecule has 2 aromatic rings. The Hall–Kier alpha value is -2.50. The van der Waals surface area contributed by atoms with Gasteiger partial charge in [-0.25, -0.2) is 4.39 Å². The van der Waals surface area contributed by atoms with Gasteiger partial charge in [-0.3, -0.25) is 4.79 Å². The van der Waals surface area contributed by atoms with Crippen molar-refractivity contribution in [3.8, 4) is 0 Å². The fourth-order valence-electron chi connectivity index (χ4n) is 1.37. The van der Waals surface area contributed by atoms with E-state index in [9.17, 15) is 9.18 Å². The SMILES string of the molecule is Cc1ccc(NC(=O)c2ccc(N)nn2)c(F)c1. The smallest absolute Gasteiger partial charge is 0.276 e. The van der Waals surface area contributed by atoms with E-state index in [1.807, 2.05) is 0 Å². The van der Waals surface area contributed by atoms with Gasteiger partial charge in [-0.05, 0) is 36.8 Å². The normalized spacial score (nSPS) is 10.1. The highest BCUT2D eigenvalue weighted by Gasteiger charge is 2.10. The molecule has 0 atom stereocenters. The first kappa shape index (κ1) is 12.0. The number of anilines is 2. The van der Waals surface area contributed by atoms with Gasteiger partial charge < -0.3 is 11.1 Å². The summed E-state index contributed by atoms with van der Waals surface area (Å²) in [6.45, 7) is 1.76. The van der Waals surface area contributed by atoms with E-state index in [1.54, 1.807) is 13.0 Å². The molecule has 0 unspecified atom stereocenters. The van der Waals surface area contributed by atoms with Gasteiger partial charge in [-0.15, -0.1) is 10.2 Å². The fourth-order valence-corrected chi connectivity index (χ4v) is 1.37. The second-order valence-corrected chi connectivity index (χ2v) is 3.78. The largest absolute Gasteiger partial charge is 0.382 e. The van der Waals surface area contributed by atoms with E-state index in [1.165, 1.54) is 24.3 Å². The Balaban J connectivity index is 2.18. The molecule has 0 aliphatic rings. The van der Waals surface area contributed by atoms with E-state index in [0.29, 0.717) is 0 Å². The Bertz CT molecular complexity index is 583. The third kappa shape index (κ3) is 2.60. The molecular formula is C12H11FN4O. The van der Waals surface area contributed by atoms with Gasteiger partial charge in [0.2, 0.25) is 0 Å². The van der Waals surface area contributed by atoms with E-state index >= 15 is 0 Å². The van der Waals surface area contributed by atoms with E-state index in [0.717, 1.165) is 5.56 Å². The number of hydrogen-bond acceptors (Lipinski definition) is 4. The first-order valence-corrected chi connectivity index (χ1v) is 5.23. The maximum Gasteiger partial charge on any atom is 0.276 e. The summed E-state index contributed by atoms with van der Waals surface area (Å²) in [5, 5.41) is 9.58. The molecule has 0 aliphatic heterocycles. The van der Waals surface area contributed by atoms with Crippen LogP contribution in [-0.4, -0.2) is 16.1 Å². The third-order valence-electron chi connectivity index (χ3n) is 2.29. The van der Waals surface area contributed by atoms with Crippen molar-refractivity contribution in [3.05, 3.63) is 47.4 Å². The number of benzene rings is 1. The molecule has 0 radical (unpaired) electrons. The van der Waals surface area contributed by atoms with Gasteiger partial charge in [0.25, 0.3) is 5.91 Å². The van der Waals surface area contributed by atoms with Crippen LogP contribution in [-0.2, 0) is 0 Å². The summed E-state index contributed by atoms with van der Waals surface area (Å²) in [6.07, 6.45) is 0. The molecule has 0 saturated heterocycles. The Morgan fingerprint density at radius 1 is 1.28 bits per heavy atom. The lowest BCUT2D eigenvalue weighted by Gasteiger charge is -2.06. The highest BCUT2D eigenvalue weighted by Crippen LogP contribution is 2.15. The average molecular weight is 246 g/mol. The van der Waals surface area contributed by atoms with E-state index < -0.39 is 11.7 Å². The van der Waals surface area contributed by atoms with Crippen LogP contribution in [0, 0.1) is 12.7 Å². The van der Waals surface area contributed by atoms with E-state index in [-0.39, 0.29) is 17.2 Å². The Morgan fingerprint density at radius 3 is 2.67 bits per heavy atom. The summed E-state index contributed by atoms with van der Waals surface area (Å²) >= 11 is 0. The van der Waals surface area contributed by atoms with Gasteiger partial charge in [0.05, 0.1) is 5.69 Å². The summed E-state index contributed by atoms with van der Waals surface area (Å²) in [4.78, 5) is 11.7. The van der Waals surface area contributed by atoms with E-state index in [2.05, 4.69) is 15.5 Å². The number of nitrogens with two attached hydrogens (primary N) is 1. The van der Waals surface area contributed by atoms with Crippen molar-refractivity contribution in [1.82, 2.24) is 10.2 Å². The molecule has 1 aromatic heterocycles. The molecule has 1 aromatic carbocycles. The summed E-state index contributed by atoms with van der Waals surface area (Å²) in [6, 6.07) is 7.40. The summed E-state index contributed by atoms with van der Waals surface area (Å²) in [5.41, 5.74) is 6.30. The number of carbonyl (C=O) groups is 1. The first-order chi connectivity index (χ1) is 8.56. The van der Waals surface area contributed by atoms with Crippen LogP contribution in [0.1, 0.15) is 16.1 Å². The van der Waals surface area contributed by atoms with Crippen molar-refractivity contribution >= 4 is 17.4 Å². The molecule has 0 fully saturated rings. The predicted molar refractivity (Wildman–Crippen MR) is 65.5 cm³/mol. The number of halogens is 1. The number of carbonyl (C=O) groups excluding carboxylic acids is 1. The zero-order valence-electron chi connectivity index (χ0n) is 9.64. The van der Waals surface area contributed by atoms with Gasteiger partial charge >= 0.3 is 0 Å². The number of nitrogens with zero attached hydrogens (tertiary/aromatic N) is 2. The van der Waals surface area contributed by atoms with E-state index in [4.69, 9.17) is 5.73 Å². The maximum absolute atomic E-state index is 13.5. The zero-order chi connectivity index (χ0) is 13.1. The summed E-state index contributed by atoms with van der Waals surface area (Å²) in [5.74, 6) is -0.815. The average Bonchev–Trinajstić information content (AvgIpc) is 2.33. The minimum Gasteiger partial charge on any atom is -0.382 e. The molecule has 5 nitrogen and oxygen atoms in total. The standard InChI is InChI=1S/C12H11FN4O/c1-7-2-3-9(8(13)6-7)15-12(18)10-4-5-11(14)17-16-10/h2-6H,1H3,(H2,14,17)(H,15,18). The molecule has 1 amide bonds. The van der Waals surface area contributed by atoms with Crippen LogP contribution in [0.3, 0.4) is 0 Å². The molecule has 3 N–H and O–H groups in total. The topological polar surface area (TPSA) is 80.9 Å². The number of nitrogens with one attached hydrogen (secondary N) is 1. The maximum atomic E-state index is 13.5. The molecule has 0 bridgehead atoms. The van der Waals surface area contributed by atoms with Crippen molar-refractivity contribution in [3.63, 3.8) is 0 Å². The summed E-state index contributed by atoms with van der Waals surface area (Å²) < 4.78 is 13.5. The number of hydrogen-bond donors (Lipinski definition) is 2. The number of aromatic nitrogens is 2. The second-order valence-electron chi connectivity index (χ2n) is 3.78. The van der Waals surface area contributed by atoms with Crippen molar-refractivity contribution in [1.29, 1.82) is 0 Å². The molecule has 92 valence electrons.